The first-order valence-corrected chi connectivity index (χ1v) is 8.67. The van der Waals surface area contributed by atoms with E-state index in [1.807, 2.05) is 0 Å². The Bertz CT molecular complexity index is 631. The van der Waals surface area contributed by atoms with Gasteiger partial charge in [-0.05, 0) is 49.8 Å². The van der Waals surface area contributed by atoms with Crippen molar-refractivity contribution in [1.82, 2.24) is 0 Å². The van der Waals surface area contributed by atoms with Crippen molar-refractivity contribution < 1.29 is 22.7 Å². The molecule has 0 bridgehead atoms. The van der Waals surface area contributed by atoms with E-state index in [2.05, 4.69) is 6.92 Å². The highest BCUT2D eigenvalue weighted by atomic mass is 32.2. The van der Waals surface area contributed by atoms with Crippen LogP contribution in [-0.2, 0) is 9.84 Å². The van der Waals surface area contributed by atoms with E-state index in [9.17, 15) is 17.6 Å². The molecule has 1 saturated carbocycles. The molecule has 0 radical (unpaired) electrons. The van der Waals surface area contributed by atoms with Crippen LogP contribution in [0, 0.1) is 11.7 Å². The van der Waals surface area contributed by atoms with Crippen molar-refractivity contribution in [1.29, 1.82) is 0 Å². The molecule has 0 atom stereocenters. The van der Waals surface area contributed by atoms with Crippen LogP contribution in [0.3, 0.4) is 0 Å². The van der Waals surface area contributed by atoms with E-state index >= 15 is 0 Å². The second-order valence-corrected chi connectivity index (χ2v) is 7.77. The van der Waals surface area contributed by atoms with Crippen LogP contribution in [0.1, 0.15) is 49.4 Å². The SMILES string of the molecule is CCC1CCC(S(=O)(=O)c2ccc(F)c(C(=O)O)c2)CC1. The van der Waals surface area contributed by atoms with Gasteiger partial charge in [-0.2, -0.15) is 0 Å². The van der Waals surface area contributed by atoms with Gasteiger partial charge in [-0.25, -0.2) is 17.6 Å². The first kappa shape index (κ1) is 15.9. The molecule has 0 heterocycles. The maximum Gasteiger partial charge on any atom is 0.338 e. The predicted molar refractivity (Wildman–Crippen MR) is 76.6 cm³/mol. The van der Waals surface area contributed by atoms with Gasteiger partial charge in [0, 0.05) is 0 Å². The van der Waals surface area contributed by atoms with Crippen LogP contribution in [-0.4, -0.2) is 24.7 Å². The first-order valence-electron chi connectivity index (χ1n) is 7.13. The molecule has 116 valence electrons. The lowest BCUT2D eigenvalue weighted by Crippen LogP contribution is -2.27. The molecule has 1 fully saturated rings. The van der Waals surface area contributed by atoms with E-state index in [1.165, 1.54) is 0 Å². The van der Waals surface area contributed by atoms with Crippen LogP contribution < -0.4 is 0 Å². The topological polar surface area (TPSA) is 71.4 Å². The number of carboxylic acid groups (broad SMARTS) is 1. The lowest BCUT2D eigenvalue weighted by atomic mass is 9.87. The number of benzene rings is 1. The van der Waals surface area contributed by atoms with Crippen LogP contribution in [0.4, 0.5) is 4.39 Å². The maximum absolute atomic E-state index is 13.4. The Morgan fingerprint density at radius 3 is 2.43 bits per heavy atom. The molecule has 1 aromatic rings. The van der Waals surface area contributed by atoms with Gasteiger partial charge >= 0.3 is 5.97 Å². The molecule has 1 aliphatic rings. The Kier molecular flexibility index (Phi) is 4.66. The molecule has 0 unspecified atom stereocenters. The zero-order valence-electron chi connectivity index (χ0n) is 11.9. The van der Waals surface area contributed by atoms with E-state index in [0.29, 0.717) is 18.8 Å². The molecule has 2 rings (SSSR count). The Morgan fingerprint density at radius 2 is 1.90 bits per heavy atom. The fraction of sp³-hybridized carbons (Fsp3) is 0.533. The zero-order valence-corrected chi connectivity index (χ0v) is 12.7. The molecule has 1 aliphatic carbocycles. The lowest BCUT2D eigenvalue weighted by molar-refractivity contribution is 0.0691. The second kappa shape index (κ2) is 6.13. The minimum atomic E-state index is -3.60. The number of carbonyl (C=O) groups is 1. The molecule has 0 amide bonds. The normalized spacial score (nSPS) is 23.0. The zero-order chi connectivity index (χ0) is 15.6. The molecule has 0 saturated heterocycles. The largest absolute Gasteiger partial charge is 0.478 e. The van der Waals surface area contributed by atoms with Crippen molar-refractivity contribution in [2.45, 2.75) is 49.2 Å². The summed E-state index contributed by atoms with van der Waals surface area (Å²) in [6.45, 7) is 2.10. The van der Waals surface area contributed by atoms with Crippen molar-refractivity contribution >= 4 is 15.8 Å². The summed E-state index contributed by atoms with van der Waals surface area (Å²) in [5.41, 5.74) is -0.599. The summed E-state index contributed by atoms with van der Waals surface area (Å²) in [5.74, 6) is -1.81. The molecule has 21 heavy (non-hydrogen) atoms. The smallest absolute Gasteiger partial charge is 0.338 e. The van der Waals surface area contributed by atoms with Gasteiger partial charge in [-0.1, -0.05) is 13.3 Å². The van der Waals surface area contributed by atoms with Crippen molar-refractivity contribution in [3.8, 4) is 0 Å². The number of hydrogen-bond donors (Lipinski definition) is 1. The Balaban J connectivity index is 2.28. The van der Waals surface area contributed by atoms with E-state index in [-0.39, 0.29) is 4.90 Å². The Labute approximate surface area is 123 Å². The number of rotatable bonds is 4. The van der Waals surface area contributed by atoms with Gasteiger partial charge in [0.15, 0.2) is 9.84 Å². The first-order chi connectivity index (χ1) is 9.86. The standard InChI is InChI=1S/C15H19FO4S/c1-2-10-3-5-11(6-4-10)21(19,20)12-7-8-14(16)13(9-12)15(17)18/h7-11H,2-6H2,1H3,(H,17,18). The molecular formula is C15H19FO4S. The van der Waals surface area contributed by atoms with Gasteiger partial charge in [-0.15, -0.1) is 0 Å². The van der Waals surface area contributed by atoms with Gasteiger partial charge in [0.25, 0.3) is 0 Å². The van der Waals surface area contributed by atoms with Gasteiger partial charge in [-0.3, -0.25) is 0 Å². The second-order valence-electron chi connectivity index (χ2n) is 5.54. The molecule has 4 nitrogen and oxygen atoms in total. The fourth-order valence-corrected chi connectivity index (χ4v) is 4.71. The van der Waals surface area contributed by atoms with Gasteiger partial charge in [0.2, 0.25) is 0 Å². The quantitative estimate of drug-likeness (QED) is 0.866. The van der Waals surface area contributed by atoms with Crippen molar-refractivity contribution in [2.24, 2.45) is 5.92 Å². The van der Waals surface area contributed by atoms with Crippen LogP contribution in [0.5, 0.6) is 0 Å². The number of halogens is 1. The number of carboxylic acids is 1. The number of aromatic carboxylic acids is 1. The highest BCUT2D eigenvalue weighted by Crippen LogP contribution is 2.33. The minimum Gasteiger partial charge on any atom is -0.478 e. The summed E-state index contributed by atoms with van der Waals surface area (Å²) in [7, 11) is -3.60. The Hall–Kier alpha value is -1.43. The number of sulfone groups is 1. The van der Waals surface area contributed by atoms with Crippen LogP contribution in [0.15, 0.2) is 23.1 Å². The van der Waals surface area contributed by atoms with Crippen molar-refractivity contribution in [3.63, 3.8) is 0 Å². The summed E-state index contributed by atoms with van der Waals surface area (Å²) in [4.78, 5) is 10.8. The van der Waals surface area contributed by atoms with E-state index < -0.39 is 32.4 Å². The summed E-state index contributed by atoms with van der Waals surface area (Å²) in [6, 6.07) is 3.00. The summed E-state index contributed by atoms with van der Waals surface area (Å²) in [6.07, 6.45) is 3.95. The molecule has 1 N–H and O–H groups in total. The van der Waals surface area contributed by atoms with Gasteiger partial charge in [0.05, 0.1) is 15.7 Å². The summed E-state index contributed by atoms with van der Waals surface area (Å²) >= 11 is 0. The third-order valence-electron chi connectivity index (χ3n) is 4.31. The van der Waals surface area contributed by atoms with Crippen molar-refractivity contribution in [2.75, 3.05) is 0 Å². The third kappa shape index (κ3) is 3.26. The average molecular weight is 314 g/mol. The Morgan fingerprint density at radius 1 is 1.29 bits per heavy atom. The molecule has 0 aliphatic heterocycles. The van der Waals surface area contributed by atoms with E-state index in [0.717, 1.165) is 37.5 Å². The number of hydrogen-bond acceptors (Lipinski definition) is 3. The van der Waals surface area contributed by atoms with Gasteiger partial charge < -0.3 is 5.11 Å². The molecule has 0 aromatic heterocycles. The summed E-state index contributed by atoms with van der Waals surface area (Å²) < 4.78 is 38.5. The molecular weight excluding hydrogens is 295 g/mol. The predicted octanol–water partition coefficient (Wildman–Crippen LogP) is 3.27. The van der Waals surface area contributed by atoms with Gasteiger partial charge in [0.1, 0.15) is 5.82 Å². The monoisotopic (exact) mass is 314 g/mol. The third-order valence-corrected chi connectivity index (χ3v) is 6.57. The van der Waals surface area contributed by atoms with Crippen LogP contribution in [0.2, 0.25) is 0 Å². The molecule has 0 spiro atoms. The lowest BCUT2D eigenvalue weighted by Gasteiger charge is -2.27. The van der Waals surface area contributed by atoms with E-state index in [1.54, 1.807) is 0 Å². The van der Waals surface area contributed by atoms with Crippen LogP contribution in [0.25, 0.3) is 0 Å². The highest BCUT2D eigenvalue weighted by Gasteiger charge is 2.32. The molecule has 6 heteroatoms. The summed E-state index contributed by atoms with van der Waals surface area (Å²) in [5, 5.41) is 8.40. The highest BCUT2D eigenvalue weighted by molar-refractivity contribution is 7.92. The minimum absolute atomic E-state index is 0.0961. The van der Waals surface area contributed by atoms with Crippen molar-refractivity contribution in [3.05, 3.63) is 29.6 Å². The average Bonchev–Trinajstić information content (AvgIpc) is 2.47. The molecule has 1 aromatic carbocycles. The fourth-order valence-electron chi connectivity index (χ4n) is 2.89. The maximum atomic E-state index is 13.4. The van der Waals surface area contributed by atoms with Crippen LogP contribution >= 0.6 is 0 Å². The van der Waals surface area contributed by atoms with E-state index in [4.69, 9.17) is 5.11 Å².